The number of piperidine rings is 1. The number of rotatable bonds is 5. The van der Waals surface area contributed by atoms with E-state index < -0.39 is 12.2 Å². The summed E-state index contributed by atoms with van der Waals surface area (Å²) < 4.78 is 28.1. The molecule has 0 aromatic heterocycles. The van der Waals surface area contributed by atoms with Crippen molar-refractivity contribution < 1.29 is 18.4 Å². The van der Waals surface area contributed by atoms with Gasteiger partial charge in [0, 0.05) is 49.3 Å². The highest BCUT2D eigenvalue weighted by molar-refractivity contribution is 5.93. The molecule has 0 aliphatic carbocycles. The number of nitrogens with one attached hydrogen (secondary N) is 1. The Morgan fingerprint density at radius 3 is 2.48 bits per heavy atom. The van der Waals surface area contributed by atoms with Gasteiger partial charge in [-0.3, -0.25) is 14.5 Å². The summed E-state index contributed by atoms with van der Waals surface area (Å²) in [6, 6.07) is 13.4. The van der Waals surface area contributed by atoms with Crippen molar-refractivity contribution in [2.75, 3.05) is 25.0 Å². The number of hydrogen-bond acceptors (Lipinski definition) is 3. The predicted molar refractivity (Wildman–Crippen MR) is 125 cm³/mol. The molecule has 5 nitrogen and oxygen atoms in total. The van der Waals surface area contributed by atoms with Gasteiger partial charge >= 0.3 is 0 Å². The Balaban J connectivity index is 1.34. The number of alkyl halides is 1. The van der Waals surface area contributed by atoms with Crippen molar-refractivity contribution in [2.45, 2.75) is 51.4 Å². The first-order valence-electron chi connectivity index (χ1n) is 11.7. The van der Waals surface area contributed by atoms with Gasteiger partial charge in [0.05, 0.1) is 6.04 Å². The molecule has 33 heavy (non-hydrogen) atoms. The van der Waals surface area contributed by atoms with E-state index in [1.54, 1.807) is 41.3 Å². The topological polar surface area (TPSA) is 52.7 Å². The molecule has 0 bridgehead atoms. The summed E-state index contributed by atoms with van der Waals surface area (Å²) in [6.07, 6.45) is 0.413. The Morgan fingerprint density at radius 2 is 1.79 bits per heavy atom. The maximum Gasteiger partial charge on any atom is 0.240 e. The Bertz CT molecular complexity index is 1000. The van der Waals surface area contributed by atoms with Crippen LogP contribution in [-0.2, 0) is 9.59 Å². The van der Waals surface area contributed by atoms with Crippen molar-refractivity contribution in [3.05, 3.63) is 54.3 Å². The van der Waals surface area contributed by atoms with Crippen LogP contribution < -0.4 is 5.32 Å². The van der Waals surface area contributed by atoms with E-state index in [4.69, 9.17) is 0 Å². The minimum atomic E-state index is -0.968. The Morgan fingerprint density at radius 1 is 1.06 bits per heavy atom. The lowest BCUT2D eigenvalue weighted by atomic mass is 9.95. The Labute approximate surface area is 193 Å². The molecule has 2 amide bonds. The molecule has 176 valence electrons. The summed E-state index contributed by atoms with van der Waals surface area (Å²) in [5.74, 6) is -0.637. The van der Waals surface area contributed by atoms with Gasteiger partial charge in [-0.1, -0.05) is 30.3 Å². The van der Waals surface area contributed by atoms with Crippen LogP contribution in [0.1, 0.15) is 33.1 Å². The quantitative estimate of drug-likeness (QED) is 0.723. The second-order valence-corrected chi connectivity index (χ2v) is 9.29. The minimum Gasteiger partial charge on any atom is -0.341 e. The number of amides is 2. The van der Waals surface area contributed by atoms with Crippen molar-refractivity contribution in [1.29, 1.82) is 0 Å². The van der Waals surface area contributed by atoms with Gasteiger partial charge in [-0.05, 0) is 50.5 Å². The predicted octanol–water partition coefficient (Wildman–Crippen LogP) is 4.49. The van der Waals surface area contributed by atoms with Crippen LogP contribution in [0.3, 0.4) is 0 Å². The molecular formula is C26H31F2N3O2. The minimum absolute atomic E-state index is 0.0275. The molecular weight excluding hydrogens is 424 g/mol. The first kappa shape index (κ1) is 23.4. The van der Waals surface area contributed by atoms with Gasteiger partial charge in [0.15, 0.2) is 0 Å². The van der Waals surface area contributed by atoms with Crippen molar-refractivity contribution in [3.8, 4) is 11.1 Å². The highest BCUT2D eigenvalue weighted by Crippen LogP contribution is 2.28. The fourth-order valence-corrected chi connectivity index (χ4v) is 4.90. The lowest BCUT2D eigenvalue weighted by Gasteiger charge is -2.36. The zero-order chi connectivity index (χ0) is 23.5. The molecule has 2 atom stereocenters. The number of benzene rings is 2. The molecule has 2 fully saturated rings. The summed E-state index contributed by atoms with van der Waals surface area (Å²) in [5.41, 5.74) is 1.80. The zero-order valence-electron chi connectivity index (χ0n) is 19.1. The standard InChI is InChI=1S/C26H31F2N3O2/c1-17(2)31-16-20(27)15-24(31)26(33)30-12-10-18(11-13-30)25(32)29-21-7-5-6-19(14-21)22-8-3-4-9-23(22)28/h3-9,14,17-18,20,24H,10-13,15-16H2,1-2H3,(H,29,32)/t20-,24-/m0/s1. The fraction of sp³-hybridized carbons (Fsp3) is 0.462. The highest BCUT2D eigenvalue weighted by Gasteiger charge is 2.41. The van der Waals surface area contributed by atoms with Crippen LogP contribution in [-0.4, -0.2) is 59.5 Å². The van der Waals surface area contributed by atoms with Crippen LogP contribution in [0.25, 0.3) is 11.1 Å². The van der Waals surface area contributed by atoms with E-state index in [-0.39, 0.29) is 36.0 Å². The summed E-state index contributed by atoms with van der Waals surface area (Å²) in [5, 5.41) is 2.95. The molecule has 7 heteroatoms. The van der Waals surface area contributed by atoms with E-state index in [2.05, 4.69) is 5.32 Å². The summed E-state index contributed by atoms with van der Waals surface area (Å²) in [4.78, 5) is 29.6. The third kappa shape index (κ3) is 5.24. The number of likely N-dealkylation sites (tertiary alicyclic amines) is 2. The maximum absolute atomic E-state index is 14.1. The molecule has 1 N–H and O–H groups in total. The van der Waals surface area contributed by atoms with Gasteiger partial charge in [-0.15, -0.1) is 0 Å². The molecule has 2 heterocycles. The smallest absolute Gasteiger partial charge is 0.240 e. The first-order chi connectivity index (χ1) is 15.8. The molecule has 0 unspecified atom stereocenters. The molecule has 0 spiro atoms. The van der Waals surface area contributed by atoms with Crippen molar-refractivity contribution >= 4 is 17.5 Å². The molecule has 2 aliphatic rings. The van der Waals surface area contributed by atoms with E-state index in [1.807, 2.05) is 24.8 Å². The third-order valence-corrected chi connectivity index (χ3v) is 6.73. The molecule has 2 aromatic carbocycles. The third-order valence-electron chi connectivity index (χ3n) is 6.73. The largest absolute Gasteiger partial charge is 0.341 e. The first-order valence-corrected chi connectivity index (χ1v) is 11.7. The molecule has 2 aromatic rings. The molecule has 2 aliphatic heterocycles. The summed E-state index contributed by atoms with van der Waals surface area (Å²) >= 11 is 0. The lowest BCUT2D eigenvalue weighted by Crippen LogP contribution is -2.50. The SMILES string of the molecule is CC(C)N1C[C@@H](F)C[C@H]1C(=O)N1CCC(C(=O)Nc2cccc(-c3ccccc3F)c2)CC1. The van der Waals surface area contributed by atoms with Crippen molar-refractivity contribution in [2.24, 2.45) is 5.92 Å². The molecule has 2 saturated heterocycles. The number of halogens is 2. The van der Waals surface area contributed by atoms with Crippen LogP contribution >= 0.6 is 0 Å². The van der Waals surface area contributed by atoms with E-state index in [0.717, 1.165) is 0 Å². The van der Waals surface area contributed by atoms with Crippen molar-refractivity contribution in [3.63, 3.8) is 0 Å². The van der Waals surface area contributed by atoms with Crippen LogP contribution in [0.5, 0.6) is 0 Å². The van der Waals surface area contributed by atoms with Crippen LogP contribution in [0.2, 0.25) is 0 Å². The van der Waals surface area contributed by atoms with Crippen LogP contribution in [0, 0.1) is 11.7 Å². The van der Waals surface area contributed by atoms with Crippen LogP contribution in [0.15, 0.2) is 48.5 Å². The molecule has 0 saturated carbocycles. The van der Waals surface area contributed by atoms with Crippen LogP contribution in [0.4, 0.5) is 14.5 Å². The second-order valence-electron chi connectivity index (χ2n) is 9.29. The normalized spacial score (nSPS) is 22.0. The van der Waals surface area contributed by atoms with E-state index in [9.17, 15) is 18.4 Å². The maximum atomic E-state index is 14.1. The van der Waals surface area contributed by atoms with Gasteiger partial charge in [-0.2, -0.15) is 0 Å². The monoisotopic (exact) mass is 455 g/mol. The molecule has 4 rings (SSSR count). The second kappa shape index (κ2) is 10.00. The van der Waals surface area contributed by atoms with Gasteiger partial charge < -0.3 is 10.2 Å². The highest BCUT2D eigenvalue weighted by atomic mass is 19.1. The lowest BCUT2D eigenvalue weighted by molar-refractivity contribution is -0.139. The summed E-state index contributed by atoms with van der Waals surface area (Å²) in [7, 11) is 0. The van der Waals surface area contributed by atoms with E-state index >= 15 is 0 Å². The van der Waals surface area contributed by atoms with E-state index in [1.165, 1.54) is 6.07 Å². The van der Waals surface area contributed by atoms with Gasteiger partial charge in [-0.25, -0.2) is 8.78 Å². The summed E-state index contributed by atoms with van der Waals surface area (Å²) in [6.45, 7) is 5.25. The number of carbonyl (C=O) groups is 2. The Hall–Kier alpha value is -2.80. The number of nitrogens with zero attached hydrogens (tertiary/aromatic N) is 2. The zero-order valence-corrected chi connectivity index (χ0v) is 19.1. The number of carbonyl (C=O) groups excluding carboxylic acids is 2. The average molecular weight is 456 g/mol. The number of hydrogen-bond donors (Lipinski definition) is 1. The van der Waals surface area contributed by atoms with Gasteiger partial charge in [0.2, 0.25) is 11.8 Å². The van der Waals surface area contributed by atoms with E-state index in [0.29, 0.717) is 49.3 Å². The number of anilines is 1. The van der Waals surface area contributed by atoms with Gasteiger partial charge in [0.25, 0.3) is 0 Å². The molecule has 0 radical (unpaired) electrons. The van der Waals surface area contributed by atoms with Crippen molar-refractivity contribution in [1.82, 2.24) is 9.80 Å². The Kier molecular flexibility index (Phi) is 7.08. The van der Waals surface area contributed by atoms with Gasteiger partial charge in [0.1, 0.15) is 12.0 Å². The fourth-order valence-electron chi connectivity index (χ4n) is 4.90. The average Bonchev–Trinajstić information content (AvgIpc) is 3.21.